The van der Waals surface area contributed by atoms with Gasteiger partial charge in [0.05, 0.1) is 6.04 Å². The number of benzene rings is 2. The second-order valence-corrected chi connectivity index (χ2v) is 4.98. The third kappa shape index (κ3) is 2.52. The van der Waals surface area contributed by atoms with Crippen LogP contribution >= 0.6 is 0 Å². The van der Waals surface area contributed by atoms with Crippen LogP contribution in [0.2, 0.25) is 0 Å². The van der Waals surface area contributed by atoms with Crippen molar-refractivity contribution in [2.24, 2.45) is 0 Å². The summed E-state index contributed by atoms with van der Waals surface area (Å²) in [5, 5.41) is 0. The number of amides is 1. The largest absolute Gasteiger partial charge is 0.447 e. The summed E-state index contributed by atoms with van der Waals surface area (Å²) in [4.78, 5) is 25.0. The smallest absolute Gasteiger partial charge is 0.415 e. The summed E-state index contributed by atoms with van der Waals surface area (Å²) in [6, 6.07) is 16.6. The first-order valence-electron chi connectivity index (χ1n) is 6.79. The van der Waals surface area contributed by atoms with Crippen LogP contribution in [0.4, 0.5) is 10.5 Å². The third-order valence-electron chi connectivity index (χ3n) is 3.61. The van der Waals surface area contributed by atoms with E-state index in [9.17, 15) is 9.59 Å². The monoisotopic (exact) mass is 281 g/mol. The fourth-order valence-electron chi connectivity index (χ4n) is 2.48. The van der Waals surface area contributed by atoms with Crippen LogP contribution in [0.3, 0.4) is 0 Å². The minimum absolute atomic E-state index is 0.00478. The number of ketones is 1. The maximum Gasteiger partial charge on any atom is 0.415 e. The number of rotatable bonds is 3. The maximum absolute atomic E-state index is 12.0. The highest BCUT2D eigenvalue weighted by Gasteiger charge is 2.35. The molecule has 1 aliphatic heterocycles. The number of anilines is 1. The van der Waals surface area contributed by atoms with Gasteiger partial charge in [-0.25, -0.2) is 4.79 Å². The third-order valence-corrected chi connectivity index (χ3v) is 3.61. The Hall–Kier alpha value is -2.62. The lowest BCUT2D eigenvalue weighted by molar-refractivity contribution is 0.101. The van der Waals surface area contributed by atoms with Gasteiger partial charge in [0.25, 0.3) is 0 Å². The summed E-state index contributed by atoms with van der Waals surface area (Å²) in [5.74, 6) is 0.00478. The molecule has 1 atom stereocenters. The Bertz CT molecular complexity index is 664. The number of carbonyl (C=O) groups excluding carboxylic acids is 2. The molecule has 0 saturated carbocycles. The fraction of sp³-hybridized carbons (Fsp3) is 0.176. The quantitative estimate of drug-likeness (QED) is 0.808. The van der Waals surface area contributed by atoms with Crippen molar-refractivity contribution in [2.45, 2.75) is 13.0 Å². The first-order chi connectivity index (χ1) is 10.2. The first-order valence-corrected chi connectivity index (χ1v) is 6.79. The van der Waals surface area contributed by atoms with Gasteiger partial charge in [-0.1, -0.05) is 30.3 Å². The van der Waals surface area contributed by atoms with Crippen molar-refractivity contribution >= 4 is 17.6 Å². The Labute approximate surface area is 123 Å². The molecule has 4 nitrogen and oxygen atoms in total. The molecular formula is C17H15NO3. The van der Waals surface area contributed by atoms with E-state index < -0.39 is 0 Å². The summed E-state index contributed by atoms with van der Waals surface area (Å²) in [6.07, 6.45) is -0.362. The number of carbonyl (C=O) groups is 2. The van der Waals surface area contributed by atoms with Crippen molar-refractivity contribution in [1.29, 1.82) is 0 Å². The highest BCUT2D eigenvalue weighted by atomic mass is 16.6. The summed E-state index contributed by atoms with van der Waals surface area (Å²) in [6.45, 7) is 1.85. The Kier molecular flexibility index (Phi) is 3.44. The van der Waals surface area contributed by atoms with Crippen molar-refractivity contribution in [3.05, 3.63) is 65.7 Å². The number of cyclic esters (lactones) is 1. The number of hydrogen-bond donors (Lipinski definition) is 0. The highest BCUT2D eigenvalue weighted by Crippen LogP contribution is 2.32. The molecule has 2 aromatic rings. The van der Waals surface area contributed by atoms with Gasteiger partial charge in [0.2, 0.25) is 0 Å². The molecule has 1 fully saturated rings. The van der Waals surface area contributed by atoms with Gasteiger partial charge >= 0.3 is 6.09 Å². The average Bonchev–Trinajstić information content (AvgIpc) is 2.90. The number of ether oxygens (including phenoxy) is 1. The molecule has 106 valence electrons. The predicted molar refractivity (Wildman–Crippen MR) is 79.5 cm³/mol. The van der Waals surface area contributed by atoms with Crippen molar-refractivity contribution in [1.82, 2.24) is 0 Å². The van der Waals surface area contributed by atoms with Crippen molar-refractivity contribution in [3.8, 4) is 0 Å². The molecule has 0 radical (unpaired) electrons. The zero-order chi connectivity index (χ0) is 14.8. The van der Waals surface area contributed by atoms with E-state index in [1.165, 1.54) is 6.92 Å². The lowest BCUT2D eigenvalue weighted by Crippen LogP contribution is -2.27. The molecule has 1 saturated heterocycles. The molecule has 0 N–H and O–H groups in total. The Morgan fingerprint density at radius 2 is 1.76 bits per heavy atom. The van der Waals surface area contributed by atoms with E-state index in [2.05, 4.69) is 0 Å². The van der Waals surface area contributed by atoms with Gasteiger partial charge in [0.1, 0.15) is 6.61 Å². The van der Waals surface area contributed by atoms with Gasteiger partial charge < -0.3 is 4.74 Å². The topological polar surface area (TPSA) is 46.6 Å². The van der Waals surface area contributed by atoms with E-state index >= 15 is 0 Å². The van der Waals surface area contributed by atoms with Crippen LogP contribution in [-0.2, 0) is 4.74 Å². The van der Waals surface area contributed by atoms with E-state index in [1.807, 2.05) is 30.3 Å². The molecule has 3 rings (SSSR count). The molecule has 1 heterocycles. The van der Waals surface area contributed by atoms with E-state index in [0.29, 0.717) is 12.2 Å². The van der Waals surface area contributed by atoms with Crippen molar-refractivity contribution in [3.63, 3.8) is 0 Å². The predicted octanol–water partition coefficient (Wildman–Crippen LogP) is 3.59. The molecule has 2 aromatic carbocycles. The van der Waals surface area contributed by atoms with Gasteiger partial charge in [-0.15, -0.1) is 0 Å². The summed E-state index contributed by atoms with van der Waals surface area (Å²) in [5.41, 5.74) is 2.39. The first kappa shape index (κ1) is 13.4. The van der Waals surface area contributed by atoms with Crippen LogP contribution in [0.1, 0.15) is 28.9 Å². The lowest BCUT2D eigenvalue weighted by Gasteiger charge is -2.21. The molecule has 0 aliphatic carbocycles. The van der Waals surface area contributed by atoms with E-state index in [0.717, 1.165) is 11.3 Å². The zero-order valence-electron chi connectivity index (χ0n) is 11.7. The normalized spacial score (nSPS) is 17.7. The molecule has 1 aliphatic rings. The molecule has 4 heteroatoms. The van der Waals surface area contributed by atoms with Crippen molar-refractivity contribution in [2.75, 3.05) is 11.5 Å². The number of nitrogens with zero attached hydrogens (tertiary/aromatic N) is 1. The minimum Gasteiger partial charge on any atom is -0.447 e. The second-order valence-electron chi connectivity index (χ2n) is 4.98. The van der Waals surface area contributed by atoms with Crippen molar-refractivity contribution < 1.29 is 14.3 Å². The molecule has 0 bridgehead atoms. The van der Waals surface area contributed by atoms with Crippen LogP contribution in [-0.4, -0.2) is 18.5 Å². The molecule has 1 amide bonds. The molecule has 0 spiro atoms. The van der Waals surface area contributed by atoms with Gasteiger partial charge in [-0.3, -0.25) is 9.69 Å². The molecule has 0 aromatic heterocycles. The van der Waals surface area contributed by atoms with Gasteiger partial charge in [0, 0.05) is 11.3 Å². The SMILES string of the molecule is CC(=O)c1ccc(N2C(=O)OCC2c2ccccc2)cc1. The van der Waals surface area contributed by atoms with Crippen LogP contribution in [0.25, 0.3) is 0 Å². The van der Waals surface area contributed by atoms with E-state index in [4.69, 9.17) is 4.74 Å². The summed E-state index contributed by atoms with van der Waals surface area (Å²) >= 11 is 0. The summed E-state index contributed by atoms with van der Waals surface area (Å²) < 4.78 is 5.18. The maximum atomic E-state index is 12.0. The second kappa shape index (κ2) is 5.40. The fourth-order valence-corrected chi connectivity index (χ4v) is 2.48. The van der Waals surface area contributed by atoms with E-state index in [-0.39, 0.29) is 17.9 Å². The van der Waals surface area contributed by atoms with E-state index in [1.54, 1.807) is 29.2 Å². The zero-order valence-corrected chi connectivity index (χ0v) is 11.7. The number of hydrogen-bond acceptors (Lipinski definition) is 3. The lowest BCUT2D eigenvalue weighted by atomic mass is 10.1. The van der Waals surface area contributed by atoms with Crippen LogP contribution in [0, 0.1) is 0 Å². The van der Waals surface area contributed by atoms with Crippen LogP contribution in [0.15, 0.2) is 54.6 Å². The molecule has 21 heavy (non-hydrogen) atoms. The van der Waals surface area contributed by atoms with Crippen LogP contribution in [0.5, 0.6) is 0 Å². The summed E-state index contributed by atoms with van der Waals surface area (Å²) in [7, 11) is 0. The van der Waals surface area contributed by atoms with Gasteiger partial charge in [-0.2, -0.15) is 0 Å². The minimum atomic E-state index is -0.362. The van der Waals surface area contributed by atoms with Crippen LogP contribution < -0.4 is 4.90 Å². The van der Waals surface area contributed by atoms with Gasteiger partial charge in [0.15, 0.2) is 5.78 Å². The van der Waals surface area contributed by atoms with Gasteiger partial charge in [-0.05, 0) is 36.8 Å². The Morgan fingerprint density at radius 1 is 1.10 bits per heavy atom. The molecule has 1 unspecified atom stereocenters. The number of Topliss-reactive ketones (excluding diaryl/α,β-unsaturated/α-hetero) is 1. The average molecular weight is 281 g/mol. The molecular weight excluding hydrogens is 266 g/mol. The Morgan fingerprint density at radius 3 is 2.38 bits per heavy atom. The highest BCUT2D eigenvalue weighted by molar-refractivity contribution is 5.95. The standard InChI is InChI=1S/C17H15NO3/c1-12(19)13-7-9-15(10-8-13)18-16(11-21-17(18)20)14-5-3-2-4-6-14/h2-10,16H,11H2,1H3. The Balaban J connectivity index is 1.94.